The first-order valence-corrected chi connectivity index (χ1v) is 13.5. The lowest BCUT2D eigenvalue weighted by atomic mass is 10.5. The molecule has 0 saturated carbocycles. The fourth-order valence-electron chi connectivity index (χ4n) is 1.17. The van der Waals surface area contributed by atoms with E-state index >= 15 is 0 Å². The highest BCUT2D eigenvalue weighted by atomic mass is 127. The Kier molecular flexibility index (Phi) is 32.0. The molecule has 0 unspecified atom stereocenters. The number of hydrogen-bond donors (Lipinski definition) is 10. The summed E-state index contributed by atoms with van der Waals surface area (Å²) in [5, 5.41) is 20.3. The van der Waals surface area contributed by atoms with Crippen LogP contribution in [0, 0.1) is 0 Å². The molecule has 0 aliphatic rings. The maximum Gasteiger partial charge on any atom is 0.344 e. The molecule has 10 N–H and O–H groups in total. The van der Waals surface area contributed by atoms with Crippen LogP contribution >= 0.6 is 46.8 Å². The third kappa shape index (κ3) is 53.9. The van der Waals surface area contributed by atoms with Crippen LogP contribution in [0.3, 0.4) is 0 Å². The molecule has 36 heavy (non-hydrogen) atoms. The van der Waals surface area contributed by atoms with Gasteiger partial charge in [0.2, 0.25) is 11.8 Å². The summed E-state index contributed by atoms with van der Waals surface area (Å²) in [6.45, 7) is 3.08. The summed E-state index contributed by atoms with van der Waals surface area (Å²) in [5.74, 6) is -3.60. The van der Waals surface area contributed by atoms with E-state index in [-0.39, 0.29) is 31.4 Å². The number of nitrogens with zero attached hydrogens (tertiary/aromatic N) is 1. The molecule has 0 aromatic heterocycles. The van der Waals surface area contributed by atoms with Gasteiger partial charge in [0, 0.05) is 13.8 Å². The number of amides is 2. The molecule has 0 radical (unpaired) electrons. The highest BCUT2D eigenvalue weighted by Crippen LogP contribution is 2.35. The van der Waals surface area contributed by atoms with Crippen molar-refractivity contribution in [2.45, 2.75) is 21.3 Å². The Labute approximate surface area is 223 Å². The van der Waals surface area contributed by atoms with Gasteiger partial charge in [-0.2, -0.15) is 0 Å². The molecule has 0 aliphatic carbocycles. The van der Waals surface area contributed by atoms with Crippen molar-refractivity contribution in [1.82, 2.24) is 15.5 Å². The van der Waals surface area contributed by atoms with E-state index < -0.39 is 78.5 Å². The highest BCUT2D eigenvalue weighted by Gasteiger charge is 2.22. The quantitative estimate of drug-likeness (QED) is 0.0882. The Bertz CT molecular complexity index is 795. The van der Waals surface area contributed by atoms with Gasteiger partial charge in [-0.15, -0.1) is 24.0 Å². The molecule has 0 saturated heterocycles. The van der Waals surface area contributed by atoms with Crippen molar-refractivity contribution < 1.29 is 77.2 Å². The molecule has 0 aromatic carbocycles. The Morgan fingerprint density at radius 2 is 1.17 bits per heavy atom. The average molecular weight is 707 g/mol. The maximum atomic E-state index is 10.7. The van der Waals surface area contributed by atoms with Crippen LogP contribution in [0.1, 0.15) is 21.3 Å². The van der Waals surface area contributed by atoms with Crippen molar-refractivity contribution in [3.63, 3.8) is 0 Å². The number of aliphatic carboxylic acids is 2. The van der Waals surface area contributed by atoms with Gasteiger partial charge >= 0.3 is 34.7 Å². The lowest BCUT2D eigenvalue weighted by molar-refractivity contribution is -0.143. The maximum absolute atomic E-state index is 10.7. The number of hydrogen-bond acceptors (Lipinski definition) is 9. The van der Waals surface area contributed by atoms with Crippen molar-refractivity contribution in [3.8, 4) is 0 Å². The third-order valence-corrected chi connectivity index (χ3v) is 4.17. The monoisotopic (exact) mass is 707 g/mol. The molecule has 0 heterocycles. The van der Waals surface area contributed by atoms with E-state index in [1.54, 1.807) is 0 Å². The second-order valence-electron chi connectivity index (χ2n) is 5.62. The van der Waals surface area contributed by atoms with Gasteiger partial charge in [0.05, 0.1) is 12.8 Å². The van der Waals surface area contributed by atoms with Gasteiger partial charge in [-0.1, -0.05) is 7.43 Å². The smallest absolute Gasteiger partial charge is 0.344 e. The molecular formula is C13H33IN3O16P3. The third-order valence-electron chi connectivity index (χ3n) is 2.25. The summed E-state index contributed by atoms with van der Waals surface area (Å²) in [5.41, 5.74) is 0. The number of rotatable bonds is 10. The van der Waals surface area contributed by atoms with Gasteiger partial charge in [0.25, 0.3) is 0 Å². The predicted octanol–water partition coefficient (Wildman–Crippen LogP) is -1.82. The minimum Gasteiger partial charge on any atom is -0.480 e. The first-order chi connectivity index (χ1) is 15.1. The van der Waals surface area contributed by atoms with Crippen LogP contribution in [0.2, 0.25) is 0 Å². The summed E-state index contributed by atoms with van der Waals surface area (Å²) in [6.07, 6.45) is -2.05. The summed E-state index contributed by atoms with van der Waals surface area (Å²) < 4.78 is 30.5. The first-order valence-electron chi connectivity index (χ1n) is 8.12. The van der Waals surface area contributed by atoms with Crippen LogP contribution < -0.4 is 10.6 Å². The molecule has 0 aliphatic heterocycles. The van der Waals surface area contributed by atoms with Crippen LogP contribution in [-0.4, -0.2) is 107 Å². The van der Waals surface area contributed by atoms with E-state index in [1.165, 1.54) is 6.92 Å². The molecule has 19 nitrogen and oxygen atoms in total. The Morgan fingerprint density at radius 3 is 1.36 bits per heavy atom. The number of carboxylic acids is 2. The van der Waals surface area contributed by atoms with Gasteiger partial charge in [-0.05, 0) is 0 Å². The zero-order chi connectivity index (χ0) is 28.3. The molecular weight excluding hydrogens is 674 g/mol. The van der Waals surface area contributed by atoms with Crippen LogP contribution in [0.15, 0.2) is 0 Å². The van der Waals surface area contributed by atoms with E-state index in [4.69, 9.17) is 44.4 Å². The number of carboxylic acid groups (broad SMARTS) is 2. The standard InChI is InChI=1S/C5H10NO6P.C3H8NO5P.C3H8NO4P.CH2O.CH4.HI/c1-4(7)6(2-5(8)9)3-13(10,11)12;5-3(6)1-4-2-10(7,8)9;1-3(5)4-2-9(6,7)8;1-2;;/h2-3H2,1H3,(H,8,9)(H2,10,11,12);4H,1-2H2,(H,5,6)(H2,7,8,9);2H2,1H3,(H,4,5)(H2,6,7,8);1H2;1H4;1H. The van der Waals surface area contributed by atoms with Crippen LogP contribution in [0.4, 0.5) is 0 Å². The minimum absolute atomic E-state index is 0. The van der Waals surface area contributed by atoms with Crippen LogP contribution in [-0.2, 0) is 37.7 Å². The minimum atomic E-state index is -4.39. The fourth-order valence-corrected chi connectivity index (χ4v) is 2.75. The molecule has 2 amide bonds. The summed E-state index contributed by atoms with van der Waals surface area (Å²) >= 11 is 0. The van der Waals surface area contributed by atoms with Gasteiger partial charge in [-0.25, -0.2) is 0 Å². The molecule has 0 bridgehead atoms. The summed E-state index contributed by atoms with van der Waals surface area (Å²) in [6, 6.07) is 0. The average Bonchev–Trinajstić information content (AvgIpc) is 2.58. The normalized spacial score (nSPS) is 10.0. The number of carbonyl (C=O) groups excluding carboxylic acids is 3. The van der Waals surface area contributed by atoms with Gasteiger partial charge in [-0.3, -0.25) is 38.2 Å². The van der Waals surface area contributed by atoms with E-state index in [2.05, 4.69) is 5.32 Å². The molecule has 0 fully saturated rings. The largest absolute Gasteiger partial charge is 0.480 e. The molecule has 0 atom stereocenters. The van der Waals surface area contributed by atoms with Crippen molar-refractivity contribution >= 4 is 77.3 Å². The van der Waals surface area contributed by atoms with E-state index in [9.17, 15) is 32.9 Å². The van der Waals surface area contributed by atoms with Crippen molar-refractivity contribution in [3.05, 3.63) is 0 Å². The summed E-state index contributed by atoms with van der Waals surface area (Å²) in [7, 11) is -12.5. The van der Waals surface area contributed by atoms with Crippen molar-refractivity contribution in [2.75, 3.05) is 31.9 Å². The van der Waals surface area contributed by atoms with E-state index in [0.717, 1.165) is 6.92 Å². The van der Waals surface area contributed by atoms with Crippen LogP contribution in [0.25, 0.3) is 0 Å². The van der Waals surface area contributed by atoms with Crippen molar-refractivity contribution in [2.24, 2.45) is 0 Å². The zero-order valence-corrected chi connectivity index (χ0v) is 23.3. The number of nitrogens with one attached hydrogen (secondary N) is 2. The number of halogens is 1. The second-order valence-corrected chi connectivity index (χ2v) is 10.5. The first kappa shape index (κ1) is 47.8. The molecule has 0 spiro atoms. The molecule has 0 rings (SSSR count). The molecule has 0 aromatic rings. The van der Waals surface area contributed by atoms with E-state index in [0.29, 0.717) is 4.90 Å². The van der Waals surface area contributed by atoms with Crippen LogP contribution in [0.5, 0.6) is 0 Å². The van der Waals surface area contributed by atoms with Gasteiger partial charge in [0.1, 0.15) is 25.9 Å². The van der Waals surface area contributed by atoms with Gasteiger partial charge < -0.3 is 54.6 Å². The molecule has 23 heteroatoms. The Balaban J connectivity index is -0.0000000895. The highest BCUT2D eigenvalue weighted by molar-refractivity contribution is 14.0. The SMILES string of the molecule is C.C=O.CC(=O)N(CC(=O)O)CP(=O)(O)O.CC(=O)NCP(=O)(O)O.I.O=C(O)CNCP(=O)(O)O. The van der Waals surface area contributed by atoms with Crippen molar-refractivity contribution in [1.29, 1.82) is 0 Å². The zero-order valence-electron chi connectivity index (χ0n) is 18.3. The topological polar surface area (TPSA) is 326 Å². The van der Waals surface area contributed by atoms with E-state index in [1.807, 2.05) is 12.1 Å². The lowest BCUT2D eigenvalue weighted by Crippen LogP contribution is -2.34. The van der Waals surface area contributed by atoms with Gasteiger partial charge in [0.15, 0.2) is 0 Å². The Hall–Kier alpha value is -1.31. The summed E-state index contributed by atoms with van der Waals surface area (Å²) in [4.78, 5) is 98.9. The second kappa shape index (κ2) is 24.1. The molecule has 218 valence electrons. The fraction of sp³-hybridized carbons (Fsp3) is 0.615. The number of carbonyl (C=O) groups is 5. The Morgan fingerprint density at radius 1 is 0.778 bits per heavy atom. The lowest BCUT2D eigenvalue weighted by Gasteiger charge is -2.18. The predicted molar refractivity (Wildman–Crippen MR) is 134 cm³/mol.